The molecule has 1 saturated heterocycles. The number of carbonyl (C=O) groups excluding carboxylic acids is 4. The molecule has 3 aromatic carbocycles. The predicted molar refractivity (Wildman–Crippen MR) is 150 cm³/mol. The molecule has 1 atom stereocenters. The van der Waals surface area contributed by atoms with Gasteiger partial charge in [0, 0.05) is 35.0 Å². The molecule has 3 aromatic rings. The Hall–Kier alpha value is -4.50. The number of hydrogen-bond acceptors (Lipinski definition) is 6. The highest BCUT2D eigenvalue weighted by Crippen LogP contribution is 2.31. The van der Waals surface area contributed by atoms with Crippen LogP contribution in [-0.4, -0.2) is 47.8 Å². The smallest absolute Gasteiger partial charge is 0.261 e. The Kier molecular flexibility index (Phi) is 7.40. The van der Waals surface area contributed by atoms with Gasteiger partial charge in [0.05, 0.1) is 23.8 Å². The van der Waals surface area contributed by atoms with E-state index < -0.39 is 5.41 Å². The zero-order valence-electron chi connectivity index (χ0n) is 22.7. The van der Waals surface area contributed by atoms with Crippen LogP contribution in [0.3, 0.4) is 0 Å². The minimum Gasteiger partial charge on any atom is -0.457 e. The molecule has 9 heteroatoms. The number of ether oxygens (including phenoxy) is 2. The second kappa shape index (κ2) is 10.9. The summed E-state index contributed by atoms with van der Waals surface area (Å²) < 4.78 is 11.6. The van der Waals surface area contributed by atoms with Crippen LogP contribution in [0.4, 0.5) is 11.4 Å². The Morgan fingerprint density at radius 1 is 0.900 bits per heavy atom. The fourth-order valence-electron chi connectivity index (χ4n) is 4.49. The van der Waals surface area contributed by atoms with Crippen molar-refractivity contribution in [2.75, 3.05) is 23.8 Å². The maximum absolute atomic E-state index is 13.0. The van der Waals surface area contributed by atoms with Gasteiger partial charge in [-0.05, 0) is 67.4 Å². The van der Waals surface area contributed by atoms with Crippen LogP contribution >= 0.6 is 0 Å². The van der Waals surface area contributed by atoms with Crippen LogP contribution in [0.25, 0.3) is 0 Å². The number of imide groups is 1. The molecule has 0 aliphatic carbocycles. The summed E-state index contributed by atoms with van der Waals surface area (Å²) in [6, 6.07) is 18.3. The lowest BCUT2D eigenvalue weighted by Crippen LogP contribution is -2.36. The van der Waals surface area contributed by atoms with Gasteiger partial charge in [0.15, 0.2) is 0 Å². The second-order valence-electron chi connectivity index (χ2n) is 10.9. The van der Waals surface area contributed by atoms with Crippen molar-refractivity contribution in [3.05, 3.63) is 83.4 Å². The minimum absolute atomic E-state index is 0.114. The molecular weight excluding hydrogens is 510 g/mol. The quantitative estimate of drug-likeness (QED) is 0.383. The zero-order valence-corrected chi connectivity index (χ0v) is 22.7. The Bertz CT molecular complexity index is 1470. The molecule has 1 unspecified atom stereocenters. The lowest BCUT2D eigenvalue weighted by Gasteiger charge is -2.17. The van der Waals surface area contributed by atoms with E-state index in [2.05, 4.69) is 10.6 Å². The van der Waals surface area contributed by atoms with E-state index in [9.17, 15) is 19.2 Å². The van der Waals surface area contributed by atoms with E-state index >= 15 is 0 Å². The topological polar surface area (TPSA) is 114 Å². The highest BCUT2D eigenvalue weighted by molar-refractivity contribution is 6.21. The van der Waals surface area contributed by atoms with Crippen LogP contribution in [0.15, 0.2) is 66.7 Å². The first-order valence-electron chi connectivity index (χ1n) is 13.2. The van der Waals surface area contributed by atoms with Crippen molar-refractivity contribution in [3.8, 4) is 11.5 Å². The summed E-state index contributed by atoms with van der Waals surface area (Å²) >= 11 is 0. The number of nitrogens with zero attached hydrogens (tertiary/aromatic N) is 1. The van der Waals surface area contributed by atoms with E-state index in [-0.39, 0.29) is 36.3 Å². The lowest BCUT2D eigenvalue weighted by molar-refractivity contribution is -0.123. The Balaban J connectivity index is 1.23. The van der Waals surface area contributed by atoms with E-state index in [4.69, 9.17) is 9.47 Å². The second-order valence-corrected chi connectivity index (χ2v) is 10.9. The maximum Gasteiger partial charge on any atom is 0.261 e. The van der Waals surface area contributed by atoms with Crippen molar-refractivity contribution in [1.29, 1.82) is 0 Å². The average Bonchev–Trinajstić information content (AvgIpc) is 3.51. The molecule has 2 aliphatic rings. The molecular formula is C31H31N3O6. The number of benzene rings is 3. The number of carbonyl (C=O) groups is 4. The Morgan fingerprint density at radius 2 is 1.62 bits per heavy atom. The van der Waals surface area contributed by atoms with Gasteiger partial charge in [-0.25, -0.2) is 0 Å². The molecule has 5 rings (SSSR count). The van der Waals surface area contributed by atoms with Gasteiger partial charge in [0.2, 0.25) is 5.91 Å². The summed E-state index contributed by atoms with van der Waals surface area (Å²) in [7, 11) is 0. The molecule has 0 bridgehead atoms. The summed E-state index contributed by atoms with van der Waals surface area (Å²) in [5.74, 6) is -0.265. The van der Waals surface area contributed by atoms with Crippen LogP contribution < -0.4 is 15.4 Å². The molecule has 0 radical (unpaired) electrons. The predicted octanol–water partition coefficient (Wildman–Crippen LogP) is 5.49. The largest absolute Gasteiger partial charge is 0.457 e. The summed E-state index contributed by atoms with van der Waals surface area (Å²) in [6.45, 7) is 6.38. The molecule has 206 valence electrons. The minimum atomic E-state index is -0.527. The van der Waals surface area contributed by atoms with Crippen LogP contribution in [0.5, 0.6) is 11.5 Å². The summed E-state index contributed by atoms with van der Waals surface area (Å²) in [5, 5.41) is 5.67. The van der Waals surface area contributed by atoms with E-state index in [0.29, 0.717) is 46.2 Å². The van der Waals surface area contributed by atoms with E-state index in [1.807, 2.05) is 20.8 Å². The van der Waals surface area contributed by atoms with Crippen LogP contribution in [-0.2, 0) is 9.53 Å². The lowest BCUT2D eigenvalue weighted by atomic mass is 9.95. The van der Waals surface area contributed by atoms with E-state index in [0.717, 1.165) is 12.8 Å². The first kappa shape index (κ1) is 27.1. The first-order chi connectivity index (χ1) is 19.1. The number of fused-ring (bicyclic) bond motifs is 1. The summed E-state index contributed by atoms with van der Waals surface area (Å²) in [4.78, 5) is 52.0. The number of rotatable bonds is 7. The molecule has 40 heavy (non-hydrogen) atoms. The van der Waals surface area contributed by atoms with Crippen LogP contribution in [0.1, 0.15) is 64.7 Å². The third-order valence-electron chi connectivity index (χ3n) is 6.77. The molecule has 1 fully saturated rings. The van der Waals surface area contributed by atoms with Crippen molar-refractivity contribution < 1.29 is 28.7 Å². The third kappa shape index (κ3) is 5.89. The summed E-state index contributed by atoms with van der Waals surface area (Å²) in [5.41, 5.74) is 1.67. The first-order valence-corrected chi connectivity index (χ1v) is 13.2. The van der Waals surface area contributed by atoms with Gasteiger partial charge in [-0.15, -0.1) is 0 Å². The fraction of sp³-hybridized carbons (Fsp3) is 0.290. The van der Waals surface area contributed by atoms with Crippen LogP contribution in [0.2, 0.25) is 0 Å². The number of nitrogens with one attached hydrogen (secondary N) is 2. The molecule has 0 aromatic heterocycles. The van der Waals surface area contributed by atoms with Crippen molar-refractivity contribution in [2.45, 2.75) is 39.7 Å². The standard InChI is InChI=1S/C31H31N3O6/c1-31(2,3)30(38)33-20-11-9-19(10-12-20)27(35)32-21-6-4-7-22(16-21)40-23-13-14-25-26(17-23)29(37)34(28(25)36)18-24-8-5-15-39-24/h4,6-7,9-14,16-17,24H,5,8,15,18H2,1-3H3,(H,32,35)(H,33,38). The average molecular weight is 542 g/mol. The van der Waals surface area contributed by atoms with Gasteiger partial charge in [-0.3, -0.25) is 24.1 Å². The molecule has 0 saturated carbocycles. The SMILES string of the molecule is CC(C)(C)C(=O)Nc1ccc(C(=O)Nc2cccc(Oc3ccc4c(c3)C(=O)N(CC3CCCO3)C4=O)c2)cc1. The number of anilines is 2. The van der Waals surface area contributed by atoms with Crippen molar-refractivity contribution in [2.24, 2.45) is 5.41 Å². The number of hydrogen-bond donors (Lipinski definition) is 2. The molecule has 2 heterocycles. The maximum atomic E-state index is 13.0. The normalized spacial score (nSPS) is 16.6. The Morgan fingerprint density at radius 3 is 2.33 bits per heavy atom. The monoisotopic (exact) mass is 541 g/mol. The van der Waals surface area contributed by atoms with Crippen molar-refractivity contribution in [1.82, 2.24) is 4.90 Å². The molecule has 4 amide bonds. The fourth-order valence-corrected chi connectivity index (χ4v) is 4.49. The van der Waals surface area contributed by atoms with Gasteiger partial charge in [0.1, 0.15) is 11.5 Å². The van der Waals surface area contributed by atoms with Gasteiger partial charge < -0.3 is 20.1 Å². The third-order valence-corrected chi connectivity index (χ3v) is 6.77. The summed E-state index contributed by atoms with van der Waals surface area (Å²) in [6.07, 6.45) is 1.63. The zero-order chi connectivity index (χ0) is 28.4. The van der Waals surface area contributed by atoms with Crippen molar-refractivity contribution >= 4 is 35.0 Å². The van der Waals surface area contributed by atoms with Gasteiger partial charge in [-0.2, -0.15) is 0 Å². The van der Waals surface area contributed by atoms with Gasteiger partial charge in [0.25, 0.3) is 17.7 Å². The van der Waals surface area contributed by atoms with E-state index in [1.54, 1.807) is 66.7 Å². The molecule has 0 spiro atoms. The highest BCUT2D eigenvalue weighted by Gasteiger charge is 2.37. The van der Waals surface area contributed by atoms with Gasteiger partial charge in [-0.1, -0.05) is 26.8 Å². The molecule has 9 nitrogen and oxygen atoms in total. The number of amides is 4. The van der Waals surface area contributed by atoms with Crippen molar-refractivity contribution in [3.63, 3.8) is 0 Å². The Labute approximate surface area is 232 Å². The molecule has 2 aliphatic heterocycles. The van der Waals surface area contributed by atoms with Crippen LogP contribution in [0, 0.1) is 5.41 Å². The highest BCUT2D eigenvalue weighted by atomic mass is 16.5. The molecule has 2 N–H and O–H groups in total. The van der Waals surface area contributed by atoms with E-state index in [1.165, 1.54) is 4.90 Å². The van der Waals surface area contributed by atoms with Gasteiger partial charge >= 0.3 is 0 Å².